The molecule has 0 saturated carbocycles. The van der Waals surface area contributed by atoms with Crippen LogP contribution in [0.15, 0.2) is 30.6 Å². The van der Waals surface area contributed by atoms with Crippen LogP contribution in [0.3, 0.4) is 0 Å². The highest BCUT2D eigenvalue weighted by Crippen LogP contribution is 2.21. The van der Waals surface area contributed by atoms with Crippen molar-refractivity contribution in [2.24, 2.45) is 7.05 Å². The molecule has 0 aliphatic heterocycles. The van der Waals surface area contributed by atoms with Gasteiger partial charge in [0.05, 0.1) is 12.0 Å². The molecule has 0 atom stereocenters. The summed E-state index contributed by atoms with van der Waals surface area (Å²) in [6.07, 6.45) is 2.25. The third-order valence-electron chi connectivity index (χ3n) is 2.19. The summed E-state index contributed by atoms with van der Waals surface area (Å²) in [7, 11) is 1.79. The highest BCUT2D eigenvalue weighted by molar-refractivity contribution is 5.83. The minimum absolute atomic E-state index is 0.298. The van der Waals surface area contributed by atoms with Crippen LogP contribution in [0.1, 0.15) is 10.5 Å². The van der Waals surface area contributed by atoms with E-state index >= 15 is 0 Å². The maximum absolute atomic E-state index is 12.7. The lowest BCUT2D eigenvalue weighted by Crippen LogP contribution is -1.93. The summed E-state index contributed by atoms with van der Waals surface area (Å²) in [5, 5.41) is 0. The van der Waals surface area contributed by atoms with Crippen LogP contribution >= 0.6 is 0 Å². The fourth-order valence-electron chi connectivity index (χ4n) is 1.49. The molecule has 0 fully saturated rings. The van der Waals surface area contributed by atoms with Gasteiger partial charge >= 0.3 is 0 Å². The van der Waals surface area contributed by atoms with Gasteiger partial charge in [-0.3, -0.25) is 4.79 Å². The Bertz CT molecular complexity index is 488. The summed E-state index contributed by atoms with van der Waals surface area (Å²) in [6.45, 7) is 0. The third kappa shape index (κ3) is 1.66. The molecule has 0 N–H and O–H groups in total. The summed E-state index contributed by atoms with van der Waals surface area (Å²) < 4.78 is 14.5. The van der Waals surface area contributed by atoms with E-state index in [1.54, 1.807) is 30.1 Å². The first-order chi connectivity index (χ1) is 7.22. The molecule has 0 bridgehead atoms. The van der Waals surface area contributed by atoms with Crippen molar-refractivity contribution in [3.63, 3.8) is 0 Å². The van der Waals surface area contributed by atoms with Gasteiger partial charge in [0.1, 0.15) is 11.5 Å². The second kappa shape index (κ2) is 3.65. The molecule has 76 valence electrons. The molecule has 4 heteroatoms. The Morgan fingerprint density at radius 1 is 1.33 bits per heavy atom. The van der Waals surface area contributed by atoms with Gasteiger partial charge in [-0.25, -0.2) is 9.37 Å². The van der Waals surface area contributed by atoms with Gasteiger partial charge in [0.25, 0.3) is 0 Å². The summed E-state index contributed by atoms with van der Waals surface area (Å²) in [6, 6.07) is 5.96. The predicted octanol–water partition coefficient (Wildman–Crippen LogP) is 2.04. The van der Waals surface area contributed by atoms with Crippen LogP contribution in [0, 0.1) is 5.82 Å². The summed E-state index contributed by atoms with van der Waals surface area (Å²) >= 11 is 0. The highest BCUT2D eigenvalue weighted by Gasteiger charge is 2.09. The van der Waals surface area contributed by atoms with Crippen LogP contribution in [0.2, 0.25) is 0 Å². The lowest BCUT2D eigenvalue weighted by Gasteiger charge is -2.02. The number of carbonyl (C=O) groups excluding carboxylic acids is 1. The van der Waals surface area contributed by atoms with Gasteiger partial charge in [0.15, 0.2) is 6.29 Å². The molecule has 15 heavy (non-hydrogen) atoms. The van der Waals surface area contributed by atoms with Crippen molar-refractivity contribution in [1.29, 1.82) is 0 Å². The Hall–Kier alpha value is -1.97. The fourth-order valence-corrected chi connectivity index (χ4v) is 1.49. The lowest BCUT2D eigenvalue weighted by atomic mass is 10.1. The predicted molar refractivity (Wildman–Crippen MR) is 54.0 cm³/mol. The van der Waals surface area contributed by atoms with E-state index in [2.05, 4.69) is 4.98 Å². The van der Waals surface area contributed by atoms with Crippen LogP contribution < -0.4 is 0 Å². The molecule has 2 rings (SSSR count). The number of halogens is 1. The van der Waals surface area contributed by atoms with Gasteiger partial charge in [-0.05, 0) is 24.3 Å². The van der Waals surface area contributed by atoms with Crippen LogP contribution in [-0.4, -0.2) is 15.8 Å². The van der Waals surface area contributed by atoms with Gasteiger partial charge in [-0.2, -0.15) is 0 Å². The second-order valence-corrected chi connectivity index (χ2v) is 3.21. The third-order valence-corrected chi connectivity index (χ3v) is 2.19. The molecule has 0 saturated heterocycles. The van der Waals surface area contributed by atoms with Crippen molar-refractivity contribution >= 4 is 6.29 Å². The van der Waals surface area contributed by atoms with E-state index in [-0.39, 0.29) is 5.82 Å². The minimum atomic E-state index is -0.298. The Morgan fingerprint density at radius 3 is 2.60 bits per heavy atom. The zero-order valence-electron chi connectivity index (χ0n) is 8.14. The molecule has 0 amide bonds. The molecular weight excluding hydrogens is 195 g/mol. The molecule has 0 aliphatic carbocycles. The minimum Gasteiger partial charge on any atom is -0.333 e. The number of aldehydes is 1. The molecule has 3 nitrogen and oxygen atoms in total. The number of rotatable bonds is 2. The van der Waals surface area contributed by atoms with Gasteiger partial charge in [-0.15, -0.1) is 0 Å². The molecule has 1 aromatic carbocycles. The number of imidazole rings is 1. The normalized spacial score (nSPS) is 10.3. The van der Waals surface area contributed by atoms with Crippen molar-refractivity contribution in [3.8, 4) is 11.3 Å². The first kappa shape index (κ1) is 9.58. The Balaban J connectivity index is 2.57. The van der Waals surface area contributed by atoms with Crippen LogP contribution in [0.4, 0.5) is 4.39 Å². The van der Waals surface area contributed by atoms with E-state index in [1.165, 1.54) is 12.1 Å². The van der Waals surface area contributed by atoms with E-state index < -0.39 is 0 Å². The first-order valence-electron chi connectivity index (χ1n) is 4.45. The number of hydrogen-bond donors (Lipinski definition) is 0. The highest BCUT2D eigenvalue weighted by atomic mass is 19.1. The number of aromatic nitrogens is 2. The zero-order chi connectivity index (χ0) is 10.8. The number of benzene rings is 1. The van der Waals surface area contributed by atoms with Gasteiger partial charge < -0.3 is 4.57 Å². The van der Waals surface area contributed by atoms with Crippen LogP contribution in [-0.2, 0) is 7.05 Å². The first-order valence-corrected chi connectivity index (χ1v) is 4.45. The maximum Gasteiger partial charge on any atom is 0.170 e. The van der Waals surface area contributed by atoms with Crippen molar-refractivity contribution in [2.75, 3.05) is 0 Å². The Labute approximate surface area is 86.2 Å². The molecule has 0 unspecified atom stereocenters. The van der Waals surface area contributed by atoms with Gasteiger partial charge in [0.2, 0.25) is 0 Å². The number of nitrogens with zero attached hydrogens (tertiary/aromatic N) is 2. The summed E-state index contributed by atoms with van der Waals surface area (Å²) in [4.78, 5) is 14.7. The lowest BCUT2D eigenvalue weighted by molar-refractivity contribution is 0.112. The Kier molecular flexibility index (Phi) is 2.33. The largest absolute Gasteiger partial charge is 0.333 e. The maximum atomic E-state index is 12.7. The van der Waals surface area contributed by atoms with Crippen molar-refractivity contribution in [2.45, 2.75) is 0 Å². The smallest absolute Gasteiger partial charge is 0.170 e. The van der Waals surface area contributed by atoms with Gasteiger partial charge in [0, 0.05) is 12.6 Å². The average Bonchev–Trinajstić information content (AvgIpc) is 2.61. The molecule has 0 radical (unpaired) electrons. The van der Waals surface area contributed by atoms with Crippen LogP contribution in [0.5, 0.6) is 0 Å². The molecule has 0 aliphatic rings. The summed E-state index contributed by atoms with van der Waals surface area (Å²) in [5.41, 5.74) is 1.84. The van der Waals surface area contributed by atoms with Crippen LogP contribution in [0.25, 0.3) is 11.3 Å². The molecule has 2 aromatic rings. The SMILES string of the molecule is Cn1cnc(C=O)c1-c1ccc(F)cc1. The van der Waals surface area contributed by atoms with Crippen molar-refractivity contribution in [1.82, 2.24) is 9.55 Å². The van der Waals surface area contributed by atoms with Crippen molar-refractivity contribution in [3.05, 3.63) is 42.1 Å². The number of hydrogen-bond acceptors (Lipinski definition) is 2. The molecule has 1 heterocycles. The average molecular weight is 204 g/mol. The van der Waals surface area contributed by atoms with E-state index in [4.69, 9.17) is 0 Å². The summed E-state index contributed by atoms with van der Waals surface area (Å²) in [5.74, 6) is -0.298. The monoisotopic (exact) mass is 204 g/mol. The fraction of sp³-hybridized carbons (Fsp3) is 0.0909. The van der Waals surface area contributed by atoms with E-state index in [0.29, 0.717) is 17.7 Å². The van der Waals surface area contributed by atoms with Gasteiger partial charge in [-0.1, -0.05) is 0 Å². The van der Waals surface area contributed by atoms with E-state index in [0.717, 1.165) is 5.56 Å². The standard InChI is InChI=1S/C11H9FN2O/c1-14-7-13-10(6-15)11(14)8-2-4-9(12)5-3-8/h2-7H,1H3. The zero-order valence-corrected chi connectivity index (χ0v) is 8.14. The number of carbonyl (C=O) groups is 1. The van der Waals surface area contributed by atoms with E-state index in [1.807, 2.05) is 0 Å². The molecular formula is C11H9FN2O. The second-order valence-electron chi connectivity index (χ2n) is 3.21. The molecule has 1 aromatic heterocycles. The Morgan fingerprint density at radius 2 is 2.00 bits per heavy atom. The topological polar surface area (TPSA) is 34.9 Å². The van der Waals surface area contributed by atoms with Crippen molar-refractivity contribution < 1.29 is 9.18 Å². The number of aryl methyl sites for hydroxylation is 1. The quantitative estimate of drug-likeness (QED) is 0.701. The molecule has 0 spiro atoms. The van der Waals surface area contributed by atoms with E-state index in [9.17, 15) is 9.18 Å².